The Hall–Kier alpha value is -1.82. The van der Waals surface area contributed by atoms with Crippen LogP contribution in [0.3, 0.4) is 0 Å². The zero-order chi connectivity index (χ0) is 19.3. The van der Waals surface area contributed by atoms with E-state index in [1.54, 1.807) is 16.1 Å². The van der Waals surface area contributed by atoms with Gasteiger partial charge in [-0.2, -0.15) is 0 Å². The van der Waals surface area contributed by atoms with Crippen LogP contribution in [-0.2, 0) is 20.9 Å². The van der Waals surface area contributed by atoms with Gasteiger partial charge in [0, 0.05) is 24.6 Å². The van der Waals surface area contributed by atoms with E-state index >= 15 is 0 Å². The lowest BCUT2D eigenvalue weighted by Gasteiger charge is -2.34. The number of carbonyl (C=O) groups is 2. The van der Waals surface area contributed by atoms with Crippen molar-refractivity contribution in [3.8, 4) is 0 Å². The molecule has 0 saturated carbocycles. The van der Waals surface area contributed by atoms with Crippen LogP contribution in [0.5, 0.6) is 0 Å². The Morgan fingerprint density at radius 1 is 1.31 bits per heavy atom. The molecule has 0 N–H and O–H groups in total. The van der Waals surface area contributed by atoms with E-state index in [9.17, 15) is 9.59 Å². The minimum Gasteiger partial charge on any atom is -0.467 e. The molecule has 2 amide bonds. The Labute approximate surface area is 156 Å². The van der Waals surface area contributed by atoms with Crippen molar-refractivity contribution < 1.29 is 18.7 Å². The quantitative estimate of drug-likeness (QED) is 0.746. The average Bonchev–Trinajstić information content (AvgIpc) is 3.23. The summed E-state index contributed by atoms with van der Waals surface area (Å²) in [7, 11) is 0. The highest BCUT2D eigenvalue weighted by molar-refractivity contribution is 5.87. The molecule has 1 fully saturated rings. The van der Waals surface area contributed by atoms with E-state index in [1.807, 2.05) is 46.8 Å². The fraction of sp³-hybridized carbons (Fsp3) is 0.700. The van der Waals surface area contributed by atoms with E-state index in [1.165, 1.54) is 0 Å². The molecule has 1 unspecified atom stereocenters. The lowest BCUT2D eigenvalue weighted by atomic mass is 9.94. The minimum atomic E-state index is -0.523. The zero-order valence-corrected chi connectivity index (χ0v) is 16.7. The fourth-order valence-corrected chi connectivity index (χ4v) is 3.04. The van der Waals surface area contributed by atoms with Crippen LogP contribution in [0, 0.1) is 5.41 Å². The average molecular weight is 364 g/mol. The number of nitrogens with zero attached hydrogens (tertiary/aromatic N) is 2. The third-order valence-electron chi connectivity index (χ3n) is 4.56. The summed E-state index contributed by atoms with van der Waals surface area (Å²) in [5.74, 6) is 0.633. The number of furan rings is 1. The molecule has 0 radical (unpaired) electrons. The topological polar surface area (TPSA) is 63.0 Å². The van der Waals surface area contributed by atoms with Crippen LogP contribution in [-0.4, -0.2) is 53.5 Å². The molecule has 1 aromatic rings. The molecule has 0 aromatic carbocycles. The second kappa shape index (κ2) is 8.71. The number of ether oxygens (including phenoxy) is 1. The molecule has 2 heterocycles. The third-order valence-corrected chi connectivity index (χ3v) is 4.56. The van der Waals surface area contributed by atoms with Crippen LogP contribution in [0.25, 0.3) is 0 Å². The van der Waals surface area contributed by atoms with E-state index in [0.29, 0.717) is 13.1 Å². The Bertz CT molecular complexity index is 583. The van der Waals surface area contributed by atoms with Gasteiger partial charge in [-0.15, -0.1) is 0 Å². The highest BCUT2D eigenvalue weighted by atomic mass is 16.5. The monoisotopic (exact) mass is 364 g/mol. The summed E-state index contributed by atoms with van der Waals surface area (Å²) in [6, 6.07) is 3.63. The van der Waals surface area contributed by atoms with Crippen molar-refractivity contribution in [3.63, 3.8) is 0 Å². The van der Waals surface area contributed by atoms with E-state index < -0.39 is 5.41 Å². The second-order valence-corrected chi connectivity index (χ2v) is 8.27. The third kappa shape index (κ3) is 5.59. The van der Waals surface area contributed by atoms with Crippen LogP contribution in [0.1, 0.15) is 53.2 Å². The molecule has 2 rings (SSSR count). The predicted molar refractivity (Wildman–Crippen MR) is 99.4 cm³/mol. The standard InChI is InChI=1S/C20H32N2O4/c1-15(2)22(19(24)20(3,4)5)14-18(23)21(12-16-8-6-10-25-16)13-17-9-7-11-26-17/h6,8,10,15,17H,7,9,11-14H2,1-5H3. The summed E-state index contributed by atoms with van der Waals surface area (Å²) >= 11 is 0. The first kappa shape index (κ1) is 20.5. The second-order valence-electron chi connectivity index (χ2n) is 8.27. The van der Waals surface area contributed by atoms with Crippen molar-refractivity contribution in [2.24, 2.45) is 5.41 Å². The first-order valence-corrected chi connectivity index (χ1v) is 9.41. The molecule has 1 aliphatic rings. The normalized spacial score (nSPS) is 17.5. The van der Waals surface area contributed by atoms with E-state index in [4.69, 9.17) is 9.15 Å². The summed E-state index contributed by atoms with van der Waals surface area (Å²) in [4.78, 5) is 29.2. The Morgan fingerprint density at radius 2 is 2.04 bits per heavy atom. The molecule has 146 valence electrons. The number of amides is 2. The molecule has 1 saturated heterocycles. The van der Waals surface area contributed by atoms with E-state index in [0.717, 1.165) is 25.2 Å². The lowest BCUT2D eigenvalue weighted by Crippen LogP contribution is -2.50. The van der Waals surface area contributed by atoms with Gasteiger partial charge in [-0.1, -0.05) is 20.8 Å². The predicted octanol–water partition coefficient (Wildman–Crippen LogP) is 3.07. The molecule has 0 spiro atoms. The fourth-order valence-electron chi connectivity index (χ4n) is 3.04. The van der Waals surface area contributed by atoms with Gasteiger partial charge in [0.25, 0.3) is 0 Å². The molecular weight excluding hydrogens is 332 g/mol. The summed E-state index contributed by atoms with van der Waals surface area (Å²) in [5, 5.41) is 0. The highest BCUT2D eigenvalue weighted by Crippen LogP contribution is 2.20. The number of carbonyl (C=O) groups excluding carboxylic acids is 2. The molecule has 1 aliphatic heterocycles. The maximum Gasteiger partial charge on any atom is 0.242 e. The maximum atomic E-state index is 13.0. The molecular formula is C20H32N2O4. The lowest BCUT2D eigenvalue weighted by molar-refractivity contribution is -0.148. The number of rotatable bonds is 7. The van der Waals surface area contributed by atoms with Gasteiger partial charge in [0.15, 0.2) is 0 Å². The largest absolute Gasteiger partial charge is 0.467 e. The van der Waals surface area contributed by atoms with Gasteiger partial charge >= 0.3 is 0 Å². The van der Waals surface area contributed by atoms with Crippen molar-refractivity contribution in [1.82, 2.24) is 9.80 Å². The smallest absolute Gasteiger partial charge is 0.242 e. The number of hydrogen-bond donors (Lipinski definition) is 0. The summed E-state index contributed by atoms with van der Waals surface area (Å²) in [6.07, 6.45) is 3.64. The highest BCUT2D eigenvalue weighted by Gasteiger charge is 2.32. The van der Waals surface area contributed by atoms with Gasteiger partial charge in [0.1, 0.15) is 12.3 Å². The van der Waals surface area contributed by atoms with E-state index in [2.05, 4.69) is 0 Å². The molecule has 0 bridgehead atoms. The van der Waals surface area contributed by atoms with Crippen LogP contribution >= 0.6 is 0 Å². The van der Waals surface area contributed by atoms with Crippen LogP contribution < -0.4 is 0 Å². The van der Waals surface area contributed by atoms with Gasteiger partial charge in [0.2, 0.25) is 11.8 Å². The SMILES string of the molecule is CC(C)N(CC(=O)N(Cc1ccco1)CC1CCCO1)C(=O)C(C)(C)C. The molecule has 6 heteroatoms. The summed E-state index contributed by atoms with van der Waals surface area (Å²) < 4.78 is 11.1. The Morgan fingerprint density at radius 3 is 2.54 bits per heavy atom. The molecule has 1 aromatic heterocycles. The summed E-state index contributed by atoms with van der Waals surface area (Å²) in [5.41, 5.74) is -0.523. The Balaban J connectivity index is 2.11. The van der Waals surface area contributed by atoms with Gasteiger partial charge in [-0.3, -0.25) is 9.59 Å². The van der Waals surface area contributed by atoms with Crippen molar-refractivity contribution >= 4 is 11.8 Å². The van der Waals surface area contributed by atoms with Crippen molar-refractivity contribution in [1.29, 1.82) is 0 Å². The minimum absolute atomic E-state index is 0.0177. The first-order valence-electron chi connectivity index (χ1n) is 9.41. The molecule has 6 nitrogen and oxygen atoms in total. The van der Waals surface area contributed by atoms with Crippen LogP contribution in [0.4, 0.5) is 0 Å². The van der Waals surface area contributed by atoms with Crippen molar-refractivity contribution in [2.75, 3.05) is 19.7 Å². The summed E-state index contributed by atoms with van der Waals surface area (Å²) in [6.45, 7) is 11.2. The molecule has 0 aliphatic carbocycles. The molecule has 1 atom stereocenters. The maximum absolute atomic E-state index is 13.0. The van der Waals surface area contributed by atoms with Gasteiger partial charge in [0.05, 0.1) is 18.9 Å². The van der Waals surface area contributed by atoms with Crippen LogP contribution in [0.15, 0.2) is 22.8 Å². The van der Waals surface area contributed by atoms with Gasteiger partial charge in [-0.05, 0) is 38.8 Å². The van der Waals surface area contributed by atoms with Crippen molar-refractivity contribution in [3.05, 3.63) is 24.2 Å². The number of hydrogen-bond acceptors (Lipinski definition) is 4. The van der Waals surface area contributed by atoms with Gasteiger partial charge in [-0.25, -0.2) is 0 Å². The first-order chi connectivity index (χ1) is 12.2. The molecule has 26 heavy (non-hydrogen) atoms. The van der Waals surface area contributed by atoms with Crippen molar-refractivity contribution in [2.45, 2.75) is 66.2 Å². The van der Waals surface area contributed by atoms with Gasteiger partial charge < -0.3 is 19.0 Å². The van der Waals surface area contributed by atoms with Crippen LogP contribution in [0.2, 0.25) is 0 Å². The van der Waals surface area contributed by atoms with E-state index in [-0.39, 0.29) is 30.5 Å². The Kier molecular flexibility index (Phi) is 6.87. The zero-order valence-electron chi connectivity index (χ0n) is 16.7.